The zero-order chi connectivity index (χ0) is 19.0. The number of nitrogens with zero attached hydrogens (tertiary/aromatic N) is 1. The van der Waals surface area contributed by atoms with Crippen LogP contribution in [0.3, 0.4) is 0 Å². The number of benzene rings is 2. The first kappa shape index (κ1) is 18.2. The van der Waals surface area contributed by atoms with E-state index in [1.165, 1.54) is 11.3 Å². The molecule has 4 N–H and O–H groups in total. The van der Waals surface area contributed by atoms with E-state index in [1.54, 1.807) is 12.1 Å². The van der Waals surface area contributed by atoms with Crippen molar-refractivity contribution in [3.8, 4) is 5.75 Å². The van der Waals surface area contributed by atoms with Crippen molar-refractivity contribution in [2.75, 3.05) is 18.1 Å². The predicted molar refractivity (Wildman–Crippen MR) is 98.0 cm³/mol. The van der Waals surface area contributed by atoms with Crippen LogP contribution in [0.1, 0.15) is 5.56 Å². The Hall–Kier alpha value is -2.16. The molecule has 0 aliphatic carbocycles. The van der Waals surface area contributed by atoms with Crippen molar-refractivity contribution in [1.29, 1.82) is 0 Å². The van der Waals surface area contributed by atoms with Gasteiger partial charge in [-0.15, -0.1) is 0 Å². The fraction of sp³-hybridized carbons (Fsp3) is 0.400. The molecular formula is C20H23NO6. The maximum Gasteiger partial charge on any atom is 0.229 e. The van der Waals surface area contributed by atoms with Crippen LogP contribution in [0.5, 0.6) is 5.75 Å². The minimum Gasteiger partial charge on any atom is -0.462 e. The zero-order valence-electron chi connectivity index (χ0n) is 14.7. The molecule has 0 radical (unpaired) electrons. The van der Waals surface area contributed by atoms with Gasteiger partial charge in [0.15, 0.2) is 0 Å². The molecule has 0 aromatic heterocycles. The average Bonchev–Trinajstić information content (AvgIpc) is 3.13. The molecule has 1 fully saturated rings. The molecule has 1 saturated heterocycles. The SMILES string of the molecule is OCC1O[C@H](Oc2ccc(N3CCc4ccccc43)cc2)C(O)[C@@H](O)[C@@H]1O. The van der Waals surface area contributed by atoms with Crippen LogP contribution in [0.15, 0.2) is 48.5 Å². The molecule has 7 heteroatoms. The maximum absolute atomic E-state index is 10.1. The molecule has 2 heterocycles. The fourth-order valence-corrected chi connectivity index (χ4v) is 3.61. The number of para-hydroxylation sites is 1. The Labute approximate surface area is 157 Å². The van der Waals surface area contributed by atoms with Gasteiger partial charge in [-0.25, -0.2) is 0 Å². The van der Waals surface area contributed by atoms with Gasteiger partial charge in [0.05, 0.1) is 6.61 Å². The molecule has 2 aromatic carbocycles. The Morgan fingerprint density at radius 3 is 2.44 bits per heavy atom. The third kappa shape index (κ3) is 3.40. The normalized spacial score (nSPS) is 30.2. The Bertz CT molecular complexity index is 780. The van der Waals surface area contributed by atoms with E-state index >= 15 is 0 Å². The number of aliphatic hydroxyl groups is 4. The van der Waals surface area contributed by atoms with Gasteiger partial charge in [0.25, 0.3) is 0 Å². The number of rotatable bonds is 4. The molecule has 4 rings (SSSR count). The summed E-state index contributed by atoms with van der Waals surface area (Å²) >= 11 is 0. The molecule has 0 bridgehead atoms. The third-order valence-electron chi connectivity index (χ3n) is 5.14. The molecule has 27 heavy (non-hydrogen) atoms. The van der Waals surface area contributed by atoms with E-state index in [-0.39, 0.29) is 0 Å². The predicted octanol–water partition coefficient (Wildman–Crippen LogP) is 0.559. The van der Waals surface area contributed by atoms with Crippen LogP contribution in [0.25, 0.3) is 0 Å². The molecule has 0 amide bonds. The standard InChI is InChI=1S/C20H23NO6/c22-11-16-17(23)18(24)19(25)20(27-16)26-14-7-5-13(6-8-14)21-10-9-12-3-1-2-4-15(12)21/h1-8,16-20,22-25H,9-11H2/t16?,17-,18+,19?,20+/m1/s1. The topological polar surface area (TPSA) is 103 Å². The molecule has 144 valence electrons. The van der Waals surface area contributed by atoms with E-state index in [0.29, 0.717) is 5.75 Å². The van der Waals surface area contributed by atoms with Crippen molar-refractivity contribution in [3.05, 3.63) is 54.1 Å². The highest BCUT2D eigenvalue weighted by Crippen LogP contribution is 2.35. The van der Waals surface area contributed by atoms with Crippen LogP contribution < -0.4 is 9.64 Å². The molecule has 5 atom stereocenters. The summed E-state index contributed by atoms with van der Waals surface area (Å²) < 4.78 is 11.0. The minimum absolute atomic E-state index is 0.454. The average molecular weight is 373 g/mol. The lowest BCUT2D eigenvalue weighted by atomic mass is 9.99. The van der Waals surface area contributed by atoms with Crippen molar-refractivity contribution in [3.63, 3.8) is 0 Å². The molecule has 2 aliphatic rings. The van der Waals surface area contributed by atoms with E-state index in [4.69, 9.17) is 9.47 Å². The second-order valence-corrected chi connectivity index (χ2v) is 6.84. The number of ether oxygens (including phenoxy) is 2. The van der Waals surface area contributed by atoms with Gasteiger partial charge in [-0.1, -0.05) is 18.2 Å². The monoisotopic (exact) mass is 373 g/mol. The Morgan fingerprint density at radius 2 is 1.70 bits per heavy atom. The van der Waals surface area contributed by atoms with E-state index in [2.05, 4.69) is 17.0 Å². The second-order valence-electron chi connectivity index (χ2n) is 6.84. The number of aliphatic hydroxyl groups excluding tert-OH is 4. The lowest BCUT2D eigenvalue weighted by Crippen LogP contribution is -2.60. The van der Waals surface area contributed by atoms with Gasteiger partial charge in [-0.3, -0.25) is 0 Å². The van der Waals surface area contributed by atoms with E-state index in [0.717, 1.165) is 18.7 Å². The van der Waals surface area contributed by atoms with Crippen LogP contribution in [0, 0.1) is 0 Å². The van der Waals surface area contributed by atoms with Crippen LogP contribution in [0.2, 0.25) is 0 Å². The fourth-order valence-electron chi connectivity index (χ4n) is 3.61. The molecule has 2 aliphatic heterocycles. The van der Waals surface area contributed by atoms with Gasteiger partial charge in [0.1, 0.15) is 30.2 Å². The van der Waals surface area contributed by atoms with Crippen molar-refractivity contribution in [2.24, 2.45) is 0 Å². The zero-order valence-corrected chi connectivity index (χ0v) is 14.7. The lowest BCUT2D eigenvalue weighted by Gasteiger charge is -2.39. The summed E-state index contributed by atoms with van der Waals surface area (Å²) in [5.74, 6) is 0.454. The molecular weight excluding hydrogens is 350 g/mol. The first-order chi connectivity index (χ1) is 13.1. The van der Waals surface area contributed by atoms with Crippen molar-refractivity contribution in [2.45, 2.75) is 37.1 Å². The molecule has 0 spiro atoms. The number of hydrogen-bond acceptors (Lipinski definition) is 7. The molecule has 2 aromatic rings. The largest absolute Gasteiger partial charge is 0.462 e. The van der Waals surface area contributed by atoms with Crippen LogP contribution in [-0.4, -0.2) is 64.3 Å². The van der Waals surface area contributed by atoms with Gasteiger partial charge >= 0.3 is 0 Å². The first-order valence-electron chi connectivity index (χ1n) is 9.01. The minimum atomic E-state index is -1.46. The number of fused-ring (bicyclic) bond motifs is 1. The van der Waals surface area contributed by atoms with Gasteiger partial charge in [-0.2, -0.15) is 0 Å². The van der Waals surface area contributed by atoms with Crippen molar-refractivity contribution < 1.29 is 29.9 Å². The molecule has 2 unspecified atom stereocenters. The summed E-state index contributed by atoms with van der Waals surface area (Å²) in [4.78, 5) is 2.23. The summed E-state index contributed by atoms with van der Waals surface area (Å²) in [5.41, 5.74) is 3.54. The number of hydrogen-bond donors (Lipinski definition) is 4. The smallest absolute Gasteiger partial charge is 0.229 e. The summed E-state index contributed by atoms with van der Waals surface area (Å²) in [5, 5.41) is 39.0. The Kier molecular flexibility index (Phi) is 5.03. The summed E-state index contributed by atoms with van der Waals surface area (Å²) in [6.45, 7) is 0.421. The Balaban J connectivity index is 1.47. The van der Waals surface area contributed by atoms with E-state index < -0.39 is 37.3 Å². The molecule has 0 saturated carbocycles. The number of anilines is 2. The van der Waals surface area contributed by atoms with Crippen molar-refractivity contribution >= 4 is 11.4 Å². The lowest BCUT2D eigenvalue weighted by molar-refractivity contribution is -0.277. The summed E-state index contributed by atoms with van der Waals surface area (Å²) in [6, 6.07) is 15.7. The molecule has 7 nitrogen and oxygen atoms in total. The van der Waals surface area contributed by atoms with Gasteiger partial charge in [0, 0.05) is 17.9 Å². The Morgan fingerprint density at radius 1 is 0.963 bits per heavy atom. The quantitative estimate of drug-likeness (QED) is 0.621. The maximum atomic E-state index is 10.1. The van der Waals surface area contributed by atoms with E-state index in [9.17, 15) is 20.4 Å². The van der Waals surface area contributed by atoms with Crippen LogP contribution >= 0.6 is 0 Å². The third-order valence-corrected chi connectivity index (χ3v) is 5.14. The summed E-state index contributed by atoms with van der Waals surface area (Å²) in [7, 11) is 0. The highest BCUT2D eigenvalue weighted by Gasteiger charge is 2.44. The second kappa shape index (κ2) is 7.46. The van der Waals surface area contributed by atoms with E-state index in [1.807, 2.05) is 24.3 Å². The highest BCUT2D eigenvalue weighted by molar-refractivity contribution is 5.70. The summed E-state index contributed by atoms with van der Waals surface area (Å²) in [6.07, 6.45) is -5.45. The first-order valence-corrected chi connectivity index (χ1v) is 9.01. The highest BCUT2D eigenvalue weighted by atomic mass is 16.7. The van der Waals surface area contributed by atoms with Gasteiger partial charge in [-0.05, 0) is 42.3 Å². The van der Waals surface area contributed by atoms with Crippen molar-refractivity contribution in [1.82, 2.24) is 0 Å². The van der Waals surface area contributed by atoms with Crippen LogP contribution in [0.4, 0.5) is 11.4 Å². The van der Waals surface area contributed by atoms with Gasteiger partial charge in [0.2, 0.25) is 6.29 Å². The van der Waals surface area contributed by atoms with Gasteiger partial charge < -0.3 is 34.8 Å². The van der Waals surface area contributed by atoms with Crippen LogP contribution in [-0.2, 0) is 11.2 Å².